The van der Waals surface area contributed by atoms with Crippen molar-refractivity contribution >= 4 is 21.8 Å². The van der Waals surface area contributed by atoms with Crippen molar-refractivity contribution in [2.75, 3.05) is 18.4 Å². The maximum absolute atomic E-state index is 12.0. The van der Waals surface area contributed by atoms with E-state index < -0.39 is 0 Å². The minimum atomic E-state index is 0.408. The van der Waals surface area contributed by atoms with Crippen LogP contribution >= 0.6 is 15.9 Å². The Balaban J connectivity index is 1.76. The van der Waals surface area contributed by atoms with Gasteiger partial charge in [0.25, 0.3) is 0 Å². The zero-order chi connectivity index (χ0) is 10.7. The number of carbonyl (C=O) groups excluding carboxylic acids is 1. The van der Waals surface area contributed by atoms with Gasteiger partial charge in [0, 0.05) is 24.8 Å². The van der Waals surface area contributed by atoms with Gasteiger partial charge in [-0.15, -0.1) is 0 Å². The fourth-order valence-corrected chi connectivity index (χ4v) is 3.30. The summed E-state index contributed by atoms with van der Waals surface area (Å²) in [6.07, 6.45) is 7.23. The normalized spacial score (nSPS) is 27.5. The van der Waals surface area contributed by atoms with Gasteiger partial charge < -0.3 is 4.90 Å². The molecule has 0 aromatic heterocycles. The summed E-state index contributed by atoms with van der Waals surface area (Å²) in [5.74, 6) is 1.79. The molecule has 2 aliphatic rings. The van der Waals surface area contributed by atoms with Crippen LogP contribution in [0.4, 0.5) is 0 Å². The summed E-state index contributed by atoms with van der Waals surface area (Å²) in [6.45, 7) is 1.97. The van der Waals surface area contributed by atoms with Crippen molar-refractivity contribution in [2.45, 2.75) is 38.5 Å². The highest BCUT2D eigenvalue weighted by Crippen LogP contribution is 2.29. The molecule has 0 radical (unpaired) electrons. The molecule has 2 rings (SSSR count). The lowest BCUT2D eigenvalue weighted by Crippen LogP contribution is -2.30. The second-order valence-electron chi connectivity index (χ2n) is 5.00. The molecule has 1 unspecified atom stereocenters. The zero-order valence-corrected chi connectivity index (χ0v) is 10.8. The number of amides is 1. The molecule has 1 saturated heterocycles. The molecule has 1 aliphatic heterocycles. The first-order valence-corrected chi connectivity index (χ1v) is 7.25. The van der Waals surface area contributed by atoms with Gasteiger partial charge in [-0.2, -0.15) is 0 Å². The van der Waals surface area contributed by atoms with Crippen LogP contribution in [0.5, 0.6) is 0 Å². The Labute approximate surface area is 101 Å². The fourth-order valence-electron chi connectivity index (χ4n) is 2.78. The molecule has 1 atom stereocenters. The van der Waals surface area contributed by atoms with Crippen molar-refractivity contribution in [1.29, 1.82) is 0 Å². The fraction of sp³-hybridized carbons (Fsp3) is 0.917. The Morgan fingerprint density at radius 3 is 2.53 bits per heavy atom. The van der Waals surface area contributed by atoms with Crippen LogP contribution in [0.1, 0.15) is 38.5 Å². The maximum atomic E-state index is 12.0. The monoisotopic (exact) mass is 273 g/mol. The minimum absolute atomic E-state index is 0.408. The third kappa shape index (κ3) is 2.96. The Bertz CT molecular complexity index is 226. The molecule has 15 heavy (non-hydrogen) atoms. The molecule has 0 aromatic carbocycles. The molecule has 0 N–H and O–H groups in total. The molecule has 2 nitrogen and oxygen atoms in total. The maximum Gasteiger partial charge on any atom is 0.222 e. The third-order valence-electron chi connectivity index (χ3n) is 3.79. The van der Waals surface area contributed by atoms with Crippen LogP contribution in [0.25, 0.3) is 0 Å². The highest BCUT2D eigenvalue weighted by molar-refractivity contribution is 9.09. The summed E-state index contributed by atoms with van der Waals surface area (Å²) in [6, 6.07) is 0. The number of likely N-dealkylation sites (tertiary alicyclic amines) is 1. The number of nitrogens with zero attached hydrogens (tertiary/aromatic N) is 1. The van der Waals surface area contributed by atoms with Gasteiger partial charge in [-0.1, -0.05) is 28.8 Å². The van der Waals surface area contributed by atoms with Gasteiger partial charge in [-0.3, -0.25) is 4.79 Å². The molecule has 0 spiro atoms. The predicted octanol–water partition coefficient (Wildman–Crippen LogP) is 2.81. The van der Waals surface area contributed by atoms with E-state index >= 15 is 0 Å². The quantitative estimate of drug-likeness (QED) is 0.725. The molecule has 0 bridgehead atoms. The van der Waals surface area contributed by atoms with Gasteiger partial charge in [0.1, 0.15) is 0 Å². The lowest BCUT2D eigenvalue weighted by atomic mass is 10.0. The van der Waals surface area contributed by atoms with Crippen molar-refractivity contribution in [1.82, 2.24) is 4.90 Å². The van der Waals surface area contributed by atoms with Crippen LogP contribution < -0.4 is 0 Å². The van der Waals surface area contributed by atoms with Gasteiger partial charge in [-0.05, 0) is 31.1 Å². The number of rotatable bonds is 3. The van der Waals surface area contributed by atoms with Gasteiger partial charge in [0.05, 0.1) is 0 Å². The van der Waals surface area contributed by atoms with E-state index in [0.29, 0.717) is 17.7 Å². The lowest BCUT2D eigenvalue weighted by Gasteiger charge is -2.18. The van der Waals surface area contributed by atoms with Crippen LogP contribution in [0.15, 0.2) is 0 Å². The van der Waals surface area contributed by atoms with E-state index in [1.54, 1.807) is 0 Å². The van der Waals surface area contributed by atoms with E-state index in [2.05, 4.69) is 20.8 Å². The molecule has 1 saturated carbocycles. The first-order valence-electron chi connectivity index (χ1n) is 6.13. The molecule has 1 heterocycles. The average molecular weight is 274 g/mol. The van der Waals surface area contributed by atoms with E-state index in [0.717, 1.165) is 24.8 Å². The van der Waals surface area contributed by atoms with E-state index in [-0.39, 0.29) is 0 Å². The summed E-state index contributed by atoms with van der Waals surface area (Å²) in [5.41, 5.74) is 0. The zero-order valence-electron chi connectivity index (χ0n) is 9.25. The van der Waals surface area contributed by atoms with Crippen LogP contribution in [0.2, 0.25) is 0 Å². The van der Waals surface area contributed by atoms with Crippen LogP contribution in [0.3, 0.4) is 0 Å². The molecule has 3 heteroatoms. The Kier molecular flexibility index (Phi) is 4.06. The van der Waals surface area contributed by atoms with Crippen molar-refractivity contribution < 1.29 is 4.79 Å². The smallest absolute Gasteiger partial charge is 0.222 e. The summed E-state index contributed by atoms with van der Waals surface area (Å²) < 4.78 is 0. The second kappa shape index (κ2) is 5.33. The van der Waals surface area contributed by atoms with E-state index in [1.165, 1.54) is 32.1 Å². The van der Waals surface area contributed by atoms with Gasteiger partial charge >= 0.3 is 0 Å². The highest BCUT2D eigenvalue weighted by atomic mass is 79.9. The van der Waals surface area contributed by atoms with E-state index in [1.807, 2.05) is 0 Å². The predicted molar refractivity (Wildman–Crippen MR) is 65.1 cm³/mol. The van der Waals surface area contributed by atoms with Crippen molar-refractivity contribution in [3.05, 3.63) is 0 Å². The summed E-state index contributed by atoms with van der Waals surface area (Å²) in [4.78, 5) is 14.0. The number of hydrogen-bond acceptors (Lipinski definition) is 1. The van der Waals surface area contributed by atoms with Crippen LogP contribution in [-0.4, -0.2) is 29.2 Å². The molecule has 1 amide bonds. The second-order valence-corrected chi connectivity index (χ2v) is 5.65. The first kappa shape index (κ1) is 11.4. The molecule has 86 valence electrons. The molecule has 0 aromatic rings. The summed E-state index contributed by atoms with van der Waals surface area (Å²) in [5, 5.41) is 1.04. The highest BCUT2D eigenvalue weighted by Gasteiger charge is 2.27. The van der Waals surface area contributed by atoms with Crippen LogP contribution in [-0.2, 0) is 4.79 Å². The molecule has 2 fully saturated rings. The average Bonchev–Trinajstić information content (AvgIpc) is 2.86. The number of hydrogen-bond donors (Lipinski definition) is 0. The summed E-state index contributed by atoms with van der Waals surface area (Å²) >= 11 is 3.50. The number of halogens is 1. The lowest BCUT2D eigenvalue weighted by molar-refractivity contribution is -0.131. The molecular formula is C12H20BrNO. The Morgan fingerprint density at radius 1 is 1.20 bits per heavy atom. The van der Waals surface area contributed by atoms with Crippen molar-refractivity contribution in [3.8, 4) is 0 Å². The Morgan fingerprint density at radius 2 is 1.93 bits per heavy atom. The minimum Gasteiger partial charge on any atom is -0.342 e. The van der Waals surface area contributed by atoms with Gasteiger partial charge in [0.2, 0.25) is 5.91 Å². The van der Waals surface area contributed by atoms with Crippen molar-refractivity contribution in [2.24, 2.45) is 11.8 Å². The first-order chi connectivity index (χ1) is 7.29. The van der Waals surface area contributed by atoms with E-state index in [4.69, 9.17) is 0 Å². The van der Waals surface area contributed by atoms with Gasteiger partial charge in [-0.25, -0.2) is 0 Å². The SMILES string of the molecule is O=C(CC1CCCC1)N1CCC(CBr)C1. The largest absolute Gasteiger partial charge is 0.342 e. The standard InChI is InChI=1S/C12H20BrNO/c13-8-11-5-6-14(9-11)12(15)7-10-3-1-2-4-10/h10-11H,1-9H2. The topological polar surface area (TPSA) is 20.3 Å². The summed E-state index contributed by atoms with van der Waals surface area (Å²) in [7, 11) is 0. The molecular weight excluding hydrogens is 254 g/mol. The van der Waals surface area contributed by atoms with Crippen molar-refractivity contribution in [3.63, 3.8) is 0 Å². The number of carbonyl (C=O) groups is 1. The van der Waals surface area contributed by atoms with Gasteiger partial charge in [0.15, 0.2) is 0 Å². The number of alkyl halides is 1. The molecule has 1 aliphatic carbocycles. The van der Waals surface area contributed by atoms with Crippen LogP contribution in [0, 0.1) is 11.8 Å². The third-order valence-corrected chi connectivity index (χ3v) is 4.71. The van der Waals surface area contributed by atoms with E-state index in [9.17, 15) is 4.79 Å². The Hall–Kier alpha value is -0.0500.